The summed E-state index contributed by atoms with van der Waals surface area (Å²) in [6.45, 7) is 5.34. The Morgan fingerprint density at radius 1 is 1.35 bits per heavy atom. The van der Waals surface area contributed by atoms with Crippen LogP contribution < -0.4 is 10.6 Å². The number of rotatable bonds is 2. The maximum Gasteiger partial charge on any atom is 0.412 e. The monoisotopic (exact) mass is 256 g/mol. The topological polar surface area (TPSA) is 67.4 Å². The molecule has 5 nitrogen and oxygen atoms in total. The minimum absolute atomic E-state index is 0.239. The summed E-state index contributed by atoms with van der Waals surface area (Å²) < 4.78 is 5.10. The van der Waals surface area contributed by atoms with Gasteiger partial charge in [0.15, 0.2) is 0 Å². The molecule has 0 aromatic carbocycles. The van der Waals surface area contributed by atoms with Crippen LogP contribution >= 0.6 is 11.3 Å². The summed E-state index contributed by atoms with van der Waals surface area (Å²) in [4.78, 5) is 23.0. The number of anilines is 1. The molecule has 0 aliphatic rings. The Hall–Kier alpha value is -1.56. The molecule has 1 heterocycles. The third-order valence-electron chi connectivity index (χ3n) is 1.75. The van der Waals surface area contributed by atoms with Crippen LogP contribution in [0.5, 0.6) is 0 Å². The first kappa shape index (κ1) is 13.5. The molecule has 1 aromatic rings. The zero-order valence-electron chi connectivity index (χ0n) is 10.3. The highest BCUT2D eigenvalue weighted by atomic mass is 32.1. The first-order valence-corrected chi connectivity index (χ1v) is 6.01. The van der Waals surface area contributed by atoms with Crippen LogP contribution in [-0.4, -0.2) is 24.6 Å². The van der Waals surface area contributed by atoms with E-state index in [0.29, 0.717) is 10.6 Å². The number of amides is 2. The Kier molecular flexibility index (Phi) is 4.11. The Labute approximate surface area is 104 Å². The molecule has 0 unspecified atom stereocenters. The third-order valence-corrected chi connectivity index (χ3v) is 2.58. The molecule has 2 amide bonds. The summed E-state index contributed by atoms with van der Waals surface area (Å²) in [6, 6.07) is 1.65. The average Bonchev–Trinajstić information content (AvgIpc) is 2.61. The number of ether oxygens (including phenoxy) is 1. The van der Waals surface area contributed by atoms with Gasteiger partial charge in [0.1, 0.15) is 10.6 Å². The Balaban J connectivity index is 2.72. The number of nitrogens with one attached hydrogen (secondary N) is 2. The van der Waals surface area contributed by atoms with Crippen LogP contribution in [-0.2, 0) is 4.74 Å². The minimum atomic E-state index is -0.565. The summed E-state index contributed by atoms with van der Waals surface area (Å²) in [5.74, 6) is -0.239. The average molecular weight is 256 g/mol. The number of thiophene rings is 1. The molecule has 0 aliphatic heterocycles. The van der Waals surface area contributed by atoms with Crippen molar-refractivity contribution in [1.29, 1.82) is 0 Å². The lowest BCUT2D eigenvalue weighted by molar-refractivity contribution is 0.0636. The number of hydrogen-bond acceptors (Lipinski definition) is 4. The van der Waals surface area contributed by atoms with Gasteiger partial charge in [-0.2, -0.15) is 0 Å². The smallest absolute Gasteiger partial charge is 0.412 e. The van der Waals surface area contributed by atoms with E-state index in [-0.39, 0.29) is 5.91 Å². The van der Waals surface area contributed by atoms with E-state index >= 15 is 0 Å². The van der Waals surface area contributed by atoms with Gasteiger partial charge in [0, 0.05) is 7.05 Å². The summed E-state index contributed by atoms with van der Waals surface area (Å²) in [5.41, 5.74) is -0.127. The van der Waals surface area contributed by atoms with Crippen LogP contribution in [0.4, 0.5) is 9.80 Å². The molecule has 0 saturated carbocycles. The van der Waals surface area contributed by atoms with Crippen molar-refractivity contribution in [3.63, 3.8) is 0 Å². The van der Waals surface area contributed by atoms with Crippen molar-refractivity contribution in [3.8, 4) is 0 Å². The molecule has 94 valence electrons. The molecular weight excluding hydrogens is 240 g/mol. The van der Waals surface area contributed by atoms with E-state index in [1.165, 1.54) is 18.4 Å². The van der Waals surface area contributed by atoms with Crippen LogP contribution in [0.1, 0.15) is 31.1 Å². The first-order valence-electron chi connectivity index (χ1n) is 5.13. The number of carbonyl (C=O) groups is 2. The maximum atomic E-state index is 11.5. The highest BCUT2D eigenvalue weighted by Gasteiger charge is 2.19. The molecule has 1 rings (SSSR count). The second-order valence-corrected chi connectivity index (χ2v) is 5.29. The molecule has 0 spiro atoms. The van der Waals surface area contributed by atoms with E-state index in [1.807, 2.05) is 0 Å². The zero-order chi connectivity index (χ0) is 13.1. The molecule has 1 aromatic heterocycles. The van der Waals surface area contributed by atoms with Gasteiger partial charge < -0.3 is 10.1 Å². The quantitative estimate of drug-likeness (QED) is 0.854. The molecule has 0 atom stereocenters. The zero-order valence-corrected chi connectivity index (χ0v) is 11.1. The van der Waals surface area contributed by atoms with E-state index in [2.05, 4.69) is 10.6 Å². The molecule has 6 heteroatoms. The standard InChI is InChI=1S/C11H16N2O3S/c1-11(2,3)16-10(15)13-9-7(5-6-17-9)8(14)12-4/h5-6H,1-4H3,(H,12,14)(H,13,15). The van der Waals surface area contributed by atoms with E-state index in [1.54, 1.807) is 32.2 Å². The lowest BCUT2D eigenvalue weighted by atomic mass is 10.2. The molecule has 17 heavy (non-hydrogen) atoms. The fourth-order valence-corrected chi connectivity index (χ4v) is 1.89. The van der Waals surface area contributed by atoms with E-state index in [0.717, 1.165) is 0 Å². The normalized spacial score (nSPS) is 10.8. The van der Waals surface area contributed by atoms with E-state index < -0.39 is 11.7 Å². The van der Waals surface area contributed by atoms with Crippen LogP contribution in [0.25, 0.3) is 0 Å². The lowest BCUT2D eigenvalue weighted by Crippen LogP contribution is -2.28. The van der Waals surface area contributed by atoms with Gasteiger partial charge in [-0.3, -0.25) is 10.1 Å². The summed E-state index contributed by atoms with van der Waals surface area (Å²) >= 11 is 1.27. The molecule has 0 aliphatic carbocycles. The van der Waals surface area contributed by atoms with E-state index in [9.17, 15) is 9.59 Å². The van der Waals surface area contributed by atoms with Gasteiger partial charge in [-0.05, 0) is 32.2 Å². The van der Waals surface area contributed by atoms with Crippen molar-refractivity contribution in [2.24, 2.45) is 0 Å². The van der Waals surface area contributed by atoms with Gasteiger partial charge in [0.25, 0.3) is 5.91 Å². The highest BCUT2D eigenvalue weighted by molar-refractivity contribution is 7.14. The van der Waals surface area contributed by atoms with Crippen molar-refractivity contribution < 1.29 is 14.3 Å². The number of carbonyl (C=O) groups excluding carboxylic acids is 2. The maximum absolute atomic E-state index is 11.5. The predicted octanol–water partition coefficient (Wildman–Crippen LogP) is 2.45. The first-order chi connectivity index (χ1) is 7.83. The van der Waals surface area contributed by atoms with E-state index in [4.69, 9.17) is 4.74 Å². The van der Waals surface area contributed by atoms with Crippen molar-refractivity contribution in [1.82, 2.24) is 5.32 Å². The highest BCUT2D eigenvalue weighted by Crippen LogP contribution is 2.23. The second kappa shape index (κ2) is 5.18. The van der Waals surface area contributed by atoms with Crippen LogP contribution in [0.3, 0.4) is 0 Å². The lowest BCUT2D eigenvalue weighted by Gasteiger charge is -2.19. The fourth-order valence-electron chi connectivity index (χ4n) is 1.12. The van der Waals surface area contributed by atoms with Gasteiger partial charge in [-0.15, -0.1) is 11.3 Å². The van der Waals surface area contributed by atoms with Gasteiger partial charge in [-0.25, -0.2) is 4.79 Å². The molecule has 0 fully saturated rings. The minimum Gasteiger partial charge on any atom is -0.444 e. The van der Waals surface area contributed by atoms with Crippen molar-refractivity contribution in [2.45, 2.75) is 26.4 Å². The summed E-state index contributed by atoms with van der Waals surface area (Å²) in [7, 11) is 1.54. The Bertz CT molecular complexity index is 421. The largest absolute Gasteiger partial charge is 0.444 e. The van der Waals surface area contributed by atoms with Crippen LogP contribution in [0, 0.1) is 0 Å². The van der Waals surface area contributed by atoms with Gasteiger partial charge >= 0.3 is 6.09 Å². The second-order valence-electron chi connectivity index (χ2n) is 4.37. The third kappa shape index (κ3) is 4.07. The van der Waals surface area contributed by atoms with Crippen molar-refractivity contribution in [2.75, 3.05) is 12.4 Å². The van der Waals surface area contributed by atoms with Crippen LogP contribution in [0.15, 0.2) is 11.4 Å². The Morgan fingerprint density at radius 2 is 2.00 bits per heavy atom. The van der Waals surface area contributed by atoms with Crippen LogP contribution in [0.2, 0.25) is 0 Å². The van der Waals surface area contributed by atoms with Crippen molar-refractivity contribution >= 4 is 28.3 Å². The fraction of sp³-hybridized carbons (Fsp3) is 0.455. The Morgan fingerprint density at radius 3 is 2.53 bits per heavy atom. The SMILES string of the molecule is CNC(=O)c1ccsc1NC(=O)OC(C)(C)C. The number of hydrogen-bond donors (Lipinski definition) is 2. The molecular formula is C11H16N2O3S. The van der Waals surface area contributed by atoms with Gasteiger partial charge in [0.2, 0.25) is 0 Å². The molecule has 0 saturated heterocycles. The van der Waals surface area contributed by atoms with Crippen molar-refractivity contribution in [3.05, 3.63) is 17.0 Å². The van der Waals surface area contributed by atoms with Gasteiger partial charge in [0.05, 0.1) is 5.56 Å². The summed E-state index contributed by atoms with van der Waals surface area (Å²) in [5, 5.41) is 7.28. The molecule has 2 N–H and O–H groups in total. The molecule has 0 bridgehead atoms. The molecule has 0 radical (unpaired) electrons. The predicted molar refractivity (Wildman–Crippen MR) is 67.6 cm³/mol. The summed E-state index contributed by atoms with van der Waals surface area (Å²) in [6.07, 6.45) is -0.565. The van der Waals surface area contributed by atoms with Gasteiger partial charge in [-0.1, -0.05) is 0 Å².